The molecule has 0 spiro atoms. The van der Waals surface area contributed by atoms with Crippen LogP contribution in [0.25, 0.3) is 0 Å². The molecule has 7 heteroatoms. The van der Waals surface area contributed by atoms with Crippen LogP contribution in [0.15, 0.2) is 23.1 Å². The maximum absolute atomic E-state index is 13.6. The first-order chi connectivity index (χ1) is 8.29. The second-order valence-corrected chi connectivity index (χ2v) is 6.03. The second kappa shape index (κ2) is 5.73. The molecule has 100 valence electrons. The lowest BCUT2D eigenvalue weighted by molar-refractivity contribution is 0.553. The number of halogens is 1. The molecule has 0 saturated heterocycles. The molecule has 18 heavy (non-hydrogen) atoms. The summed E-state index contributed by atoms with van der Waals surface area (Å²) < 4.78 is 40.2. The molecule has 0 aliphatic carbocycles. The topological polar surface area (TPSA) is 72.2 Å². The summed E-state index contributed by atoms with van der Waals surface area (Å²) in [6, 6.07) is 3.46. The van der Waals surface area contributed by atoms with Crippen molar-refractivity contribution in [1.29, 1.82) is 0 Å². The molecule has 0 heterocycles. The van der Waals surface area contributed by atoms with Gasteiger partial charge >= 0.3 is 0 Å². The Hall–Kier alpha value is -1.05. The van der Waals surface area contributed by atoms with Gasteiger partial charge in [0.15, 0.2) is 0 Å². The number of sulfonamides is 1. The van der Waals surface area contributed by atoms with Gasteiger partial charge in [-0.25, -0.2) is 17.5 Å². The highest BCUT2D eigenvalue weighted by molar-refractivity contribution is 7.89. The van der Waals surface area contributed by atoms with Gasteiger partial charge in [0.2, 0.25) is 10.0 Å². The van der Waals surface area contributed by atoms with Crippen molar-refractivity contribution in [3.63, 3.8) is 0 Å². The van der Waals surface area contributed by atoms with Crippen LogP contribution in [0, 0.1) is 5.82 Å². The van der Waals surface area contributed by atoms with Crippen molar-refractivity contribution in [3.05, 3.63) is 29.6 Å². The fraction of sp³-hybridized carbons (Fsp3) is 0.364. The molecule has 1 aromatic rings. The first-order valence-electron chi connectivity index (χ1n) is 5.40. The first-order valence-corrected chi connectivity index (χ1v) is 7.29. The molecule has 4 nitrogen and oxygen atoms in total. The number of nitrogens with two attached hydrogens (primary N) is 1. The second-order valence-electron chi connectivity index (χ2n) is 3.91. The lowest BCUT2D eigenvalue weighted by atomic mass is 10.2. The highest BCUT2D eigenvalue weighted by atomic mass is 32.2. The Morgan fingerprint density at radius 1 is 1.56 bits per heavy atom. The van der Waals surface area contributed by atoms with E-state index in [0.717, 1.165) is 6.07 Å². The summed E-state index contributed by atoms with van der Waals surface area (Å²) in [5.74, 6) is -0.741. The SMILES string of the molecule is CCC(C)NS(=O)(=O)c1cccc(F)c1C(N)=S. The summed E-state index contributed by atoms with van der Waals surface area (Å²) in [6.45, 7) is 3.56. The molecular formula is C11H15FN2O2S2. The molecule has 1 rings (SSSR count). The van der Waals surface area contributed by atoms with E-state index in [9.17, 15) is 12.8 Å². The Morgan fingerprint density at radius 2 is 2.17 bits per heavy atom. The van der Waals surface area contributed by atoms with Crippen LogP contribution in [-0.2, 0) is 10.0 Å². The summed E-state index contributed by atoms with van der Waals surface area (Å²) in [6.07, 6.45) is 0.622. The molecule has 0 saturated carbocycles. The maximum Gasteiger partial charge on any atom is 0.241 e. The van der Waals surface area contributed by atoms with E-state index in [1.54, 1.807) is 6.92 Å². The highest BCUT2D eigenvalue weighted by Crippen LogP contribution is 2.19. The maximum atomic E-state index is 13.6. The summed E-state index contributed by atoms with van der Waals surface area (Å²) in [4.78, 5) is -0.507. The summed E-state index contributed by atoms with van der Waals surface area (Å²) >= 11 is 4.69. The molecule has 1 atom stereocenters. The van der Waals surface area contributed by atoms with E-state index in [0.29, 0.717) is 6.42 Å². The van der Waals surface area contributed by atoms with Crippen LogP contribution in [-0.4, -0.2) is 19.4 Å². The van der Waals surface area contributed by atoms with Gasteiger partial charge in [0.1, 0.15) is 10.8 Å². The van der Waals surface area contributed by atoms with Gasteiger partial charge in [0.25, 0.3) is 0 Å². The van der Waals surface area contributed by atoms with E-state index in [4.69, 9.17) is 18.0 Å². The fourth-order valence-corrected chi connectivity index (χ4v) is 3.21. The third-order valence-corrected chi connectivity index (χ3v) is 4.32. The molecule has 1 aromatic carbocycles. The predicted molar refractivity (Wildman–Crippen MR) is 72.4 cm³/mol. The van der Waals surface area contributed by atoms with Gasteiger partial charge in [-0.05, 0) is 25.5 Å². The van der Waals surface area contributed by atoms with Crippen molar-refractivity contribution in [2.24, 2.45) is 5.73 Å². The van der Waals surface area contributed by atoms with E-state index in [1.807, 2.05) is 6.92 Å². The third-order valence-electron chi connectivity index (χ3n) is 2.48. The van der Waals surface area contributed by atoms with Crippen LogP contribution in [0.5, 0.6) is 0 Å². The Labute approximate surface area is 111 Å². The van der Waals surface area contributed by atoms with E-state index >= 15 is 0 Å². The smallest absolute Gasteiger partial charge is 0.241 e. The quantitative estimate of drug-likeness (QED) is 0.807. The minimum absolute atomic E-state index is 0.227. The van der Waals surface area contributed by atoms with Crippen LogP contribution >= 0.6 is 12.2 Å². The monoisotopic (exact) mass is 290 g/mol. The molecule has 0 aromatic heterocycles. The molecular weight excluding hydrogens is 275 g/mol. The van der Waals surface area contributed by atoms with Crippen LogP contribution < -0.4 is 10.5 Å². The first kappa shape index (κ1) is 15.0. The number of nitrogens with one attached hydrogen (secondary N) is 1. The van der Waals surface area contributed by atoms with Gasteiger partial charge in [0.05, 0.1) is 10.5 Å². The molecule has 0 bridgehead atoms. The average Bonchev–Trinajstić information content (AvgIpc) is 2.27. The van der Waals surface area contributed by atoms with Gasteiger partial charge in [0, 0.05) is 6.04 Å². The van der Waals surface area contributed by atoms with E-state index in [-0.39, 0.29) is 21.5 Å². The highest BCUT2D eigenvalue weighted by Gasteiger charge is 2.23. The fourth-order valence-electron chi connectivity index (χ4n) is 1.38. The zero-order valence-corrected chi connectivity index (χ0v) is 11.7. The Balaban J connectivity index is 3.33. The lowest BCUT2D eigenvalue weighted by Crippen LogP contribution is -2.33. The predicted octanol–water partition coefficient (Wildman–Crippen LogP) is 1.54. The van der Waals surface area contributed by atoms with Crippen molar-refractivity contribution in [2.75, 3.05) is 0 Å². The number of hydrogen-bond acceptors (Lipinski definition) is 3. The van der Waals surface area contributed by atoms with Crippen molar-refractivity contribution >= 4 is 27.2 Å². The molecule has 0 aliphatic rings. The summed E-state index contributed by atoms with van der Waals surface area (Å²) in [5.41, 5.74) is 5.13. The number of thiocarbonyl (C=S) groups is 1. The molecule has 0 aliphatic heterocycles. The Bertz CT molecular complexity index is 558. The van der Waals surface area contributed by atoms with Crippen LogP contribution in [0.4, 0.5) is 4.39 Å². The standard InChI is InChI=1S/C11H15FN2O2S2/c1-3-7(2)14-18(15,16)9-6-4-5-8(12)10(9)11(13)17/h4-7,14H,3H2,1-2H3,(H2,13,17). The van der Waals surface area contributed by atoms with Gasteiger partial charge in [-0.15, -0.1) is 0 Å². The zero-order chi connectivity index (χ0) is 13.9. The average molecular weight is 290 g/mol. The number of rotatable bonds is 5. The normalized spacial score (nSPS) is 13.3. The van der Waals surface area contributed by atoms with E-state index in [1.165, 1.54) is 12.1 Å². The van der Waals surface area contributed by atoms with Gasteiger partial charge in [-0.3, -0.25) is 0 Å². The third kappa shape index (κ3) is 3.24. The number of hydrogen-bond donors (Lipinski definition) is 2. The molecule has 1 unspecified atom stereocenters. The molecule has 0 amide bonds. The minimum atomic E-state index is -3.83. The summed E-state index contributed by atoms with van der Waals surface area (Å²) in [5, 5.41) is 0. The molecule has 3 N–H and O–H groups in total. The van der Waals surface area contributed by atoms with Gasteiger partial charge in [-0.2, -0.15) is 0 Å². The van der Waals surface area contributed by atoms with Crippen molar-refractivity contribution in [3.8, 4) is 0 Å². The number of benzene rings is 1. The van der Waals surface area contributed by atoms with Crippen molar-refractivity contribution in [2.45, 2.75) is 31.2 Å². The van der Waals surface area contributed by atoms with Gasteiger partial charge in [-0.1, -0.05) is 25.2 Å². The molecule has 0 radical (unpaired) electrons. The van der Waals surface area contributed by atoms with E-state index < -0.39 is 15.8 Å². The van der Waals surface area contributed by atoms with E-state index in [2.05, 4.69) is 4.72 Å². The van der Waals surface area contributed by atoms with Crippen LogP contribution in [0.3, 0.4) is 0 Å². The van der Waals surface area contributed by atoms with Crippen molar-refractivity contribution in [1.82, 2.24) is 4.72 Å². The zero-order valence-electron chi connectivity index (χ0n) is 10.1. The Kier molecular flexibility index (Phi) is 4.78. The lowest BCUT2D eigenvalue weighted by Gasteiger charge is -2.14. The molecule has 0 fully saturated rings. The Morgan fingerprint density at radius 3 is 2.67 bits per heavy atom. The largest absolute Gasteiger partial charge is 0.389 e. The minimum Gasteiger partial charge on any atom is -0.389 e. The van der Waals surface area contributed by atoms with Crippen LogP contribution in [0.2, 0.25) is 0 Å². The van der Waals surface area contributed by atoms with Crippen LogP contribution in [0.1, 0.15) is 25.8 Å². The van der Waals surface area contributed by atoms with Gasteiger partial charge < -0.3 is 5.73 Å². The summed E-state index contributed by atoms with van der Waals surface area (Å²) in [7, 11) is -3.83. The van der Waals surface area contributed by atoms with Crippen molar-refractivity contribution < 1.29 is 12.8 Å².